The third-order valence-corrected chi connectivity index (χ3v) is 6.05. The van der Waals surface area contributed by atoms with E-state index in [1.807, 2.05) is 0 Å². The molecule has 0 saturated carbocycles. The number of aliphatic hydroxyl groups excluding tert-OH is 1. The van der Waals surface area contributed by atoms with Gasteiger partial charge >= 0.3 is 0 Å². The summed E-state index contributed by atoms with van der Waals surface area (Å²) >= 11 is 0. The van der Waals surface area contributed by atoms with E-state index in [9.17, 15) is 18.3 Å². The van der Waals surface area contributed by atoms with E-state index in [4.69, 9.17) is 0 Å². The summed E-state index contributed by atoms with van der Waals surface area (Å²) in [6.07, 6.45) is 2.58. The Labute approximate surface area is 120 Å². The summed E-state index contributed by atoms with van der Waals surface area (Å²) in [6.45, 7) is 3.49. The molecule has 2 fully saturated rings. The lowest BCUT2D eigenvalue weighted by molar-refractivity contribution is -0.139. The van der Waals surface area contributed by atoms with Crippen molar-refractivity contribution in [2.75, 3.05) is 31.9 Å². The van der Waals surface area contributed by atoms with Crippen molar-refractivity contribution in [3.63, 3.8) is 0 Å². The molecular weight excluding hydrogens is 280 g/mol. The van der Waals surface area contributed by atoms with E-state index in [1.54, 1.807) is 11.8 Å². The molecule has 2 saturated heterocycles. The number of likely N-dealkylation sites (tertiary alicyclic amines) is 1. The number of carbonyl (C=O) groups is 1. The van der Waals surface area contributed by atoms with Gasteiger partial charge in [0.15, 0.2) is 0 Å². The first-order chi connectivity index (χ1) is 9.44. The van der Waals surface area contributed by atoms with Crippen LogP contribution in [0.5, 0.6) is 0 Å². The number of hydrogen-bond donors (Lipinski definition) is 1. The molecule has 2 rings (SSSR count). The minimum Gasteiger partial charge on any atom is -0.391 e. The normalized spacial score (nSPS) is 29.4. The maximum Gasteiger partial charge on any atom is 0.227 e. The Balaban J connectivity index is 2.00. The van der Waals surface area contributed by atoms with Gasteiger partial charge in [0.1, 0.15) is 0 Å². The molecule has 0 aromatic carbocycles. The largest absolute Gasteiger partial charge is 0.391 e. The molecule has 0 spiro atoms. The molecule has 0 radical (unpaired) electrons. The minimum absolute atomic E-state index is 0.000229. The van der Waals surface area contributed by atoms with Crippen LogP contribution in [-0.2, 0) is 14.8 Å². The third-order valence-electron chi connectivity index (χ3n) is 4.20. The van der Waals surface area contributed by atoms with Crippen molar-refractivity contribution in [1.29, 1.82) is 0 Å². The summed E-state index contributed by atoms with van der Waals surface area (Å²) in [5.41, 5.74) is 0. The van der Waals surface area contributed by atoms with Gasteiger partial charge in [-0.1, -0.05) is 0 Å². The number of rotatable bonds is 3. The molecule has 1 N–H and O–H groups in total. The number of nitrogens with zero attached hydrogens (tertiary/aromatic N) is 2. The maximum atomic E-state index is 12.5. The fourth-order valence-electron chi connectivity index (χ4n) is 2.99. The van der Waals surface area contributed by atoms with Gasteiger partial charge in [0.2, 0.25) is 15.9 Å². The lowest BCUT2D eigenvalue weighted by atomic mass is 9.96. The van der Waals surface area contributed by atoms with Gasteiger partial charge in [-0.15, -0.1) is 0 Å². The van der Waals surface area contributed by atoms with E-state index in [0.717, 1.165) is 25.7 Å². The molecule has 20 heavy (non-hydrogen) atoms. The van der Waals surface area contributed by atoms with Gasteiger partial charge in [-0.05, 0) is 32.6 Å². The molecule has 2 aliphatic rings. The molecule has 1 amide bonds. The van der Waals surface area contributed by atoms with Crippen LogP contribution < -0.4 is 0 Å². The van der Waals surface area contributed by atoms with Crippen molar-refractivity contribution in [2.24, 2.45) is 5.92 Å². The van der Waals surface area contributed by atoms with Gasteiger partial charge in [0.05, 0.1) is 17.8 Å². The van der Waals surface area contributed by atoms with Crippen LogP contribution in [0.4, 0.5) is 0 Å². The van der Waals surface area contributed by atoms with Gasteiger partial charge < -0.3 is 10.0 Å². The van der Waals surface area contributed by atoms with E-state index >= 15 is 0 Å². The molecule has 7 heteroatoms. The van der Waals surface area contributed by atoms with E-state index in [1.165, 1.54) is 4.31 Å². The second kappa shape index (κ2) is 6.41. The SMILES string of the molecule is CCS(=O)(=O)N1CCCC(C(=O)N2CCC[C@@H](O)C2)C1. The van der Waals surface area contributed by atoms with Crippen LogP contribution in [0.2, 0.25) is 0 Å². The van der Waals surface area contributed by atoms with Crippen molar-refractivity contribution >= 4 is 15.9 Å². The van der Waals surface area contributed by atoms with Crippen molar-refractivity contribution < 1.29 is 18.3 Å². The first-order valence-corrected chi connectivity index (χ1v) is 8.99. The molecule has 2 heterocycles. The number of piperidine rings is 2. The summed E-state index contributed by atoms with van der Waals surface area (Å²) < 4.78 is 25.3. The van der Waals surface area contributed by atoms with Gasteiger partial charge in [-0.25, -0.2) is 12.7 Å². The number of β-amino-alcohol motifs (C(OH)–C–C–N with tert-alkyl or cyclic N) is 1. The van der Waals surface area contributed by atoms with Gasteiger partial charge in [-0.2, -0.15) is 0 Å². The second-order valence-electron chi connectivity index (χ2n) is 5.68. The Kier molecular flexibility index (Phi) is 5.04. The highest BCUT2D eigenvalue weighted by molar-refractivity contribution is 7.89. The highest BCUT2D eigenvalue weighted by Gasteiger charge is 2.34. The first kappa shape index (κ1) is 15.7. The van der Waals surface area contributed by atoms with Crippen molar-refractivity contribution in [1.82, 2.24) is 9.21 Å². The first-order valence-electron chi connectivity index (χ1n) is 7.38. The van der Waals surface area contributed by atoms with Gasteiger partial charge in [0, 0.05) is 26.2 Å². The fourth-order valence-corrected chi connectivity index (χ4v) is 4.17. The average Bonchev–Trinajstić information content (AvgIpc) is 2.46. The van der Waals surface area contributed by atoms with E-state index < -0.39 is 16.1 Å². The summed E-state index contributed by atoms with van der Waals surface area (Å²) in [6, 6.07) is 0. The van der Waals surface area contributed by atoms with E-state index in [-0.39, 0.29) is 17.6 Å². The van der Waals surface area contributed by atoms with Crippen LogP contribution in [0.1, 0.15) is 32.6 Å². The van der Waals surface area contributed by atoms with Crippen molar-refractivity contribution in [3.8, 4) is 0 Å². The molecule has 0 aliphatic carbocycles. The average molecular weight is 304 g/mol. The van der Waals surface area contributed by atoms with Crippen LogP contribution in [-0.4, -0.2) is 66.7 Å². The Hall–Kier alpha value is -0.660. The summed E-state index contributed by atoms with van der Waals surface area (Å²) in [4.78, 5) is 14.1. The van der Waals surface area contributed by atoms with Crippen molar-refractivity contribution in [3.05, 3.63) is 0 Å². The van der Waals surface area contributed by atoms with Crippen LogP contribution in [0.15, 0.2) is 0 Å². The summed E-state index contributed by atoms with van der Waals surface area (Å²) in [5.74, 6) is -0.175. The zero-order valence-electron chi connectivity index (χ0n) is 12.0. The number of carbonyl (C=O) groups excluding carboxylic acids is 1. The molecule has 0 bridgehead atoms. The molecule has 2 aliphatic heterocycles. The fraction of sp³-hybridized carbons (Fsp3) is 0.923. The van der Waals surface area contributed by atoms with Crippen molar-refractivity contribution in [2.45, 2.75) is 38.7 Å². The standard InChI is InChI=1S/C13H24N2O4S/c1-2-20(18,19)15-8-3-5-11(9-15)13(17)14-7-4-6-12(16)10-14/h11-12,16H,2-10H2,1H3/t11?,12-/m1/s1. The van der Waals surface area contributed by atoms with Gasteiger partial charge in [-0.3, -0.25) is 4.79 Å². The second-order valence-corrected chi connectivity index (χ2v) is 7.94. The zero-order valence-corrected chi connectivity index (χ0v) is 12.8. The Morgan fingerprint density at radius 3 is 2.55 bits per heavy atom. The molecule has 116 valence electrons. The lowest BCUT2D eigenvalue weighted by Crippen LogP contribution is -2.50. The van der Waals surface area contributed by atoms with Crippen LogP contribution in [0.3, 0.4) is 0 Å². The molecule has 6 nitrogen and oxygen atoms in total. The van der Waals surface area contributed by atoms with E-state index in [2.05, 4.69) is 0 Å². The zero-order chi connectivity index (χ0) is 14.8. The summed E-state index contributed by atoms with van der Waals surface area (Å²) in [5, 5.41) is 9.65. The quantitative estimate of drug-likeness (QED) is 0.798. The minimum atomic E-state index is -3.22. The van der Waals surface area contributed by atoms with Crippen LogP contribution in [0.25, 0.3) is 0 Å². The van der Waals surface area contributed by atoms with Gasteiger partial charge in [0.25, 0.3) is 0 Å². The number of amides is 1. The van der Waals surface area contributed by atoms with Crippen LogP contribution in [0, 0.1) is 5.92 Å². The number of aliphatic hydroxyl groups is 1. The predicted molar refractivity (Wildman–Crippen MR) is 75.6 cm³/mol. The molecule has 0 aromatic rings. The predicted octanol–water partition coefficient (Wildman–Crippen LogP) is 0.0314. The Morgan fingerprint density at radius 2 is 1.90 bits per heavy atom. The molecule has 0 aromatic heterocycles. The monoisotopic (exact) mass is 304 g/mol. The highest BCUT2D eigenvalue weighted by atomic mass is 32.2. The maximum absolute atomic E-state index is 12.5. The molecule has 1 unspecified atom stereocenters. The smallest absolute Gasteiger partial charge is 0.227 e. The highest BCUT2D eigenvalue weighted by Crippen LogP contribution is 2.23. The Bertz CT molecular complexity index is 451. The number of hydrogen-bond acceptors (Lipinski definition) is 4. The Morgan fingerprint density at radius 1 is 1.20 bits per heavy atom. The van der Waals surface area contributed by atoms with Crippen LogP contribution >= 0.6 is 0 Å². The third kappa shape index (κ3) is 3.51. The van der Waals surface area contributed by atoms with E-state index in [0.29, 0.717) is 26.2 Å². The topological polar surface area (TPSA) is 77.9 Å². The number of sulfonamides is 1. The molecule has 2 atom stereocenters. The summed E-state index contributed by atoms with van der Waals surface area (Å²) in [7, 11) is -3.22. The molecular formula is C13H24N2O4S. The lowest BCUT2D eigenvalue weighted by Gasteiger charge is -2.36.